The van der Waals surface area contributed by atoms with Crippen molar-refractivity contribution < 1.29 is 8.42 Å². The minimum Gasteiger partial charge on any atom is -0.363 e. The molecule has 1 atom stereocenters. The van der Waals surface area contributed by atoms with Crippen LogP contribution in [-0.2, 0) is 16.6 Å². The summed E-state index contributed by atoms with van der Waals surface area (Å²) in [7, 11) is -3.63. The van der Waals surface area contributed by atoms with Crippen LogP contribution in [0.15, 0.2) is 17.2 Å². The Bertz CT molecular complexity index is 603. The molecular formula is C8H13N7O2S. The van der Waals surface area contributed by atoms with Crippen molar-refractivity contribution >= 4 is 10.0 Å². The fourth-order valence-corrected chi connectivity index (χ4v) is 2.62. The van der Waals surface area contributed by atoms with Gasteiger partial charge in [0.2, 0.25) is 10.0 Å². The van der Waals surface area contributed by atoms with Crippen molar-refractivity contribution in [3.63, 3.8) is 0 Å². The number of aromatic nitrogens is 5. The first-order valence-corrected chi connectivity index (χ1v) is 6.64. The summed E-state index contributed by atoms with van der Waals surface area (Å²) < 4.78 is 26.5. The van der Waals surface area contributed by atoms with Crippen molar-refractivity contribution in [2.75, 3.05) is 0 Å². The van der Waals surface area contributed by atoms with E-state index < -0.39 is 16.1 Å². The first-order valence-electron chi connectivity index (χ1n) is 5.16. The van der Waals surface area contributed by atoms with Crippen LogP contribution in [0.1, 0.15) is 24.5 Å². The van der Waals surface area contributed by atoms with Gasteiger partial charge in [0.25, 0.3) is 0 Å². The van der Waals surface area contributed by atoms with Gasteiger partial charge in [-0.1, -0.05) is 5.21 Å². The Morgan fingerprint density at radius 1 is 1.56 bits per heavy atom. The first kappa shape index (κ1) is 12.7. The van der Waals surface area contributed by atoms with Gasteiger partial charge in [0.1, 0.15) is 0 Å². The molecule has 2 aromatic heterocycles. The number of hydrogen-bond acceptors (Lipinski definition) is 6. The number of rotatable bonds is 5. The number of sulfonamides is 1. The molecule has 1 unspecified atom stereocenters. The molecule has 18 heavy (non-hydrogen) atoms. The number of nitrogens with two attached hydrogens (primary N) is 1. The Morgan fingerprint density at radius 3 is 2.89 bits per heavy atom. The molecule has 0 radical (unpaired) electrons. The van der Waals surface area contributed by atoms with E-state index in [4.69, 9.17) is 5.73 Å². The molecule has 2 heterocycles. The van der Waals surface area contributed by atoms with Crippen molar-refractivity contribution in [2.24, 2.45) is 5.73 Å². The molecule has 0 aliphatic heterocycles. The lowest BCUT2D eigenvalue weighted by molar-refractivity contribution is 0.560. The number of nitrogens with zero attached hydrogens (tertiary/aromatic N) is 3. The molecule has 0 aromatic carbocycles. The van der Waals surface area contributed by atoms with Gasteiger partial charge in [-0.25, -0.2) is 13.1 Å². The summed E-state index contributed by atoms with van der Waals surface area (Å²) in [6.07, 6.45) is 1.38. The van der Waals surface area contributed by atoms with Gasteiger partial charge in [-0.05, 0) is 13.0 Å². The molecule has 2 rings (SSSR count). The second-order valence-electron chi connectivity index (χ2n) is 3.68. The lowest BCUT2D eigenvalue weighted by Crippen LogP contribution is -2.27. The van der Waals surface area contributed by atoms with E-state index >= 15 is 0 Å². The molecule has 0 bridgehead atoms. The van der Waals surface area contributed by atoms with Crippen LogP contribution in [-0.4, -0.2) is 34.0 Å². The van der Waals surface area contributed by atoms with Gasteiger partial charge in [-0.2, -0.15) is 5.21 Å². The number of tetrazole rings is 1. The minimum absolute atomic E-state index is 0.123. The van der Waals surface area contributed by atoms with Crippen LogP contribution in [0.25, 0.3) is 0 Å². The van der Waals surface area contributed by atoms with Gasteiger partial charge in [-0.3, -0.25) is 0 Å². The quantitative estimate of drug-likeness (QED) is 0.551. The zero-order valence-electron chi connectivity index (χ0n) is 9.58. The van der Waals surface area contributed by atoms with Gasteiger partial charge in [-0.15, -0.1) is 10.2 Å². The smallest absolute Gasteiger partial charge is 0.242 e. The minimum atomic E-state index is -3.63. The molecule has 98 valence electrons. The summed E-state index contributed by atoms with van der Waals surface area (Å²) in [5.74, 6) is 0.271. The molecular weight excluding hydrogens is 258 g/mol. The molecule has 2 aromatic rings. The Kier molecular flexibility index (Phi) is 3.41. The van der Waals surface area contributed by atoms with Gasteiger partial charge in [0.15, 0.2) is 5.82 Å². The van der Waals surface area contributed by atoms with Gasteiger partial charge >= 0.3 is 0 Å². The highest BCUT2D eigenvalue weighted by molar-refractivity contribution is 7.89. The standard InChI is InChI=1S/C8H13N7O2S/c1-5(8-11-14-15-12-8)13-18(16,17)7-2-6(3-9)10-4-7/h2,4-5,10,13H,3,9H2,1H3,(H,11,12,14,15). The third-order valence-corrected chi connectivity index (χ3v) is 3.85. The van der Waals surface area contributed by atoms with E-state index in [1.54, 1.807) is 6.92 Å². The summed E-state index contributed by atoms with van der Waals surface area (Å²) in [4.78, 5) is 2.90. The lowest BCUT2D eigenvalue weighted by Gasteiger charge is -2.09. The maximum Gasteiger partial charge on any atom is 0.242 e. The van der Waals surface area contributed by atoms with Gasteiger partial charge < -0.3 is 10.7 Å². The topological polar surface area (TPSA) is 142 Å². The highest BCUT2D eigenvalue weighted by Gasteiger charge is 2.21. The molecule has 0 aliphatic rings. The predicted molar refractivity (Wildman–Crippen MR) is 61.6 cm³/mol. The summed E-state index contributed by atoms with van der Waals surface area (Å²) in [6.45, 7) is 1.87. The monoisotopic (exact) mass is 271 g/mol. The number of aromatic amines is 2. The van der Waals surface area contributed by atoms with E-state index in [-0.39, 0.29) is 17.3 Å². The van der Waals surface area contributed by atoms with E-state index in [1.165, 1.54) is 12.3 Å². The SMILES string of the molecule is CC(NS(=O)(=O)c1c[nH]c(CN)c1)c1nn[nH]n1. The summed E-state index contributed by atoms with van der Waals surface area (Å²) in [6, 6.07) is 0.899. The average Bonchev–Trinajstić information content (AvgIpc) is 3.00. The van der Waals surface area contributed by atoms with E-state index in [2.05, 4.69) is 30.3 Å². The largest absolute Gasteiger partial charge is 0.363 e. The van der Waals surface area contributed by atoms with E-state index in [0.29, 0.717) is 5.69 Å². The molecule has 5 N–H and O–H groups in total. The van der Waals surface area contributed by atoms with Crippen LogP contribution in [0.2, 0.25) is 0 Å². The van der Waals surface area contributed by atoms with Gasteiger partial charge in [0.05, 0.1) is 10.9 Å². The molecule has 10 heteroatoms. The normalized spacial score (nSPS) is 13.7. The summed E-state index contributed by atoms with van der Waals surface area (Å²) in [5.41, 5.74) is 6.05. The number of H-pyrrole nitrogens is 2. The molecule has 0 fully saturated rings. The second-order valence-corrected chi connectivity index (χ2v) is 5.39. The number of hydrogen-bond donors (Lipinski definition) is 4. The highest BCUT2D eigenvalue weighted by atomic mass is 32.2. The maximum atomic E-state index is 12.0. The fraction of sp³-hybridized carbons (Fsp3) is 0.375. The third-order valence-electron chi connectivity index (χ3n) is 2.33. The Morgan fingerprint density at radius 2 is 2.33 bits per heavy atom. The lowest BCUT2D eigenvalue weighted by atomic mass is 10.4. The average molecular weight is 271 g/mol. The van der Waals surface area contributed by atoms with Crippen LogP contribution in [0.3, 0.4) is 0 Å². The highest BCUT2D eigenvalue weighted by Crippen LogP contribution is 2.14. The van der Waals surface area contributed by atoms with Crippen molar-refractivity contribution in [1.82, 2.24) is 30.3 Å². The zero-order valence-corrected chi connectivity index (χ0v) is 10.4. The van der Waals surface area contributed by atoms with Crippen molar-refractivity contribution in [3.8, 4) is 0 Å². The van der Waals surface area contributed by atoms with E-state index in [1.807, 2.05) is 0 Å². The van der Waals surface area contributed by atoms with Gasteiger partial charge in [0, 0.05) is 18.4 Å². The van der Waals surface area contributed by atoms with Crippen molar-refractivity contribution in [1.29, 1.82) is 0 Å². The van der Waals surface area contributed by atoms with E-state index in [9.17, 15) is 8.42 Å². The van der Waals surface area contributed by atoms with Crippen molar-refractivity contribution in [2.45, 2.75) is 24.4 Å². The van der Waals surface area contributed by atoms with Crippen LogP contribution >= 0.6 is 0 Å². The third kappa shape index (κ3) is 2.55. The summed E-state index contributed by atoms with van der Waals surface area (Å²) in [5, 5.41) is 13.1. The molecule has 0 aliphatic carbocycles. The van der Waals surface area contributed by atoms with Crippen LogP contribution in [0, 0.1) is 0 Å². The molecule has 9 nitrogen and oxygen atoms in total. The Balaban J connectivity index is 2.17. The van der Waals surface area contributed by atoms with Crippen LogP contribution < -0.4 is 10.5 Å². The van der Waals surface area contributed by atoms with Crippen molar-refractivity contribution in [3.05, 3.63) is 23.8 Å². The Hall–Kier alpha value is -1.78. The zero-order chi connectivity index (χ0) is 13.2. The molecule has 0 amide bonds. The van der Waals surface area contributed by atoms with Crippen LogP contribution in [0.5, 0.6) is 0 Å². The second kappa shape index (κ2) is 4.84. The molecule has 0 saturated heterocycles. The number of nitrogens with one attached hydrogen (secondary N) is 3. The predicted octanol–water partition coefficient (Wildman–Crippen LogP) is -0.974. The van der Waals surface area contributed by atoms with E-state index in [0.717, 1.165) is 0 Å². The molecule has 0 spiro atoms. The fourth-order valence-electron chi connectivity index (χ4n) is 1.40. The maximum absolute atomic E-state index is 12.0. The first-order chi connectivity index (χ1) is 8.53. The summed E-state index contributed by atoms with van der Waals surface area (Å²) >= 11 is 0. The molecule has 0 saturated carbocycles. The van der Waals surface area contributed by atoms with Crippen LogP contribution in [0.4, 0.5) is 0 Å². The Labute approximate surface area is 103 Å².